The van der Waals surface area contributed by atoms with Crippen molar-refractivity contribution in [2.75, 3.05) is 24.5 Å². The molecule has 8 nitrogen and oxygen atoms in total. The highest BCUT2D eigenvalue weighted by Gasteiger charge is 2.31. The van der Waals surface area contributed by atoms with Crippen molar-refractivity contribution >= 4 is 35.0 Å². The maximum atomic E-state index is 13.2. The molecule has 3 amide bonds. The van der Waals surface area contributed by atoms with Crippen molar-refractivity contribution in [1.29, 1.82) is 0 Å². The number of fused-ring (bicyclic) bond motifs is 1. The van der Waals surface area contributed by atoms with E-state index in [1.54, 1.807) is 35.4 Å². The first-order chi connectivity index (χ1) is 16.5. The van der Waals surface area contributed by atoms with Gasteiger partial charge >= 0.3 is 0 Å². The molecule has 0 bridgehead atoms. The third-order valence-corrected chi connectivity index (χ3v) is 6.53. The van der Waals surface area contributed by atoms with Crippen LogP contribution in [-0.2, 0) is 17.9 Å². The molecule has 0 spiro atoms. The van der Waals surface area contributed by atoms with E-state index in [9.17, 15) is 14.4 Å². The maximum Gasteiger partial charge on any atom is 0.254 e. The van der Waals surface area contributed by atoms with E-state index in [0.717, 1.165) is 31.5 Å². The molecule has 2 aromatic carbocycles. The summed E-state index contributed by atoms with van der Waals surface area (Å²) in [7, 11) is 0. The van der Waals surface area contributed by atoms with E-state index in [-0.39, 0.29) is 30.8 Å². The average Bonchev–Trinajstić information content (AvgIpc) is 3.53. The topological polar surface area (TPSA) is 89.6 Å². The third kappa shape index (κ3) is 4.41. The molecule has 0 saturated carbocycles. The molecule has 0 atom stereocenters. The summed E-state index contributed by atoms with van der Waals surface area (Å²) in [5, 5.41) is 7.57. The predicted molar refractivity (Wildman–Crippen MR) is 128 cm³/mol. The van der Waals surface area contributed by atoms with Gasteiger partial charge < -0.3 is 14.7 Å². The van der Waals surface area contributed by atoms with Gasteiger partial charge in [0.15, 0.2) is 0 Å². The third-order valence-electron chi connectivity index (χ3n) is 6.28. The largest absolute Gasteiger partial charge is 0.339 e. The molecule has 1 saturated heterocycles. The Bertz CT molecular complexity index is 1220. The van der Waals surface area contributed by atoms with Gasteiger partial charge in [0.05, 0.1) is 30.7 Å². The average molecular weight is 478 g/mol. The van der Waals surface area contributed by atoms with Gasteiger partial charge in [0, 0.05) is 29.2 Å². The van der Waals surface area contributed by atoms with Crippen LogP contribution in [0.3, 0.4) is 0 Å². The van der Waals surface area contributed by atoms with Crippen LogP contribution in [0.4, 0.5) is 5.69 Å². The summed E-state index contributed by atoms with van der Waals surface area (Å²) in [5.74, 6) is -0.416. The number of nitrogens with zero attached hydrogens (tertiary/aromatic N) is 4. The molecule has 3 heterocycles. The van der Waals surface area contributed by atoms with Crippen molar-refractivity contribution in [3.8, 4) is 0 Å². The van der Waals surface area contributed by atoms with E-state index in [4.69, 9.17) is 11.6 Å². The highest BCUT2D eigenvalue weighted by atomic mass is 35.5. The second-order valence-corrected chi connectivity index (χ2v) is 9.01. The monoisotopic (exact) mass is 477 g/mol. The van der Waals surface area contributed by atoms with Crippen LogP contribution in [0, 0.1) is 0 Å². The Kier molecular flexibility index (Phi) is 6.06. The minimum absolute atomic E-state index is 0.0448. The number of carbonyl (C=O) groups excluding carboxylic acids is 3. The number of nitrogens with one attached hydrogen (secondary N) is 1. The van der Waals surface area contributed by atoms with E-state index in [1.807, 2.05) is 29.2 Å². The second-order valence-electron chi connectivity index (χ2n) is 8.58. The fourth-order valence-corrected chi connectivity index (χ4v) is 4.54. The number of hydrogen-bond donors (Lipinski definition) is 1. The molecule has 2 aliphatic heterocycles. The van der Waals surface area contributed by atoms with Gasteiger partial charge in [-0.3, -0.25) is 19.5 Å². The number of anilines is 1. The number of aromatic amines is 1. The van der Waals surface area contributed by atoms with Crippen molar-refractivity contribution in [3.63, 3.8) is 0 Å². The molecule has 1 aromatic heterocycles. The van der Waals surface area contributed by atoms with E-state index in [0.29, 0.717) is 34.1 Å². The molecule has 9 heteroatoms. The fraction of sp³-hybridized carbons (Fsp3) is 0.280. The Balaban J connectivity index is 1.34. The Morgan fingerprint density at radius 1 is 0.882 bits per heavy atom. The first kappa shape index (κ1) is 22.2. The van der Waals surface area contributed by atoms with Gasteiger partial charge in [0.1, 0.15) is 6.54 Å². The zero-order valence-corrected chi connectivity index (χ0v) is 19.3. The van der Waals surface area contributed by atoms with Crippen molar-refractivity contribution < 1.29 is 14.4 Å². The number of carbonyl (C=O) groups is 3. The normalized spacial score (nSPS) is 15.9. The molecule has 34 heavy (non-hydrogen) atoms. The number of hydrogen-bond acceptors (Lipinski definition) is 4. The molecule has 3 aromatic rings. The van der Waals surface area contributed by atoms with Crippen molar-refractivity contribution in [1.82, 2.24) is 20.0 Å². The van der Waals surface area contributed by atoms with Crippen LogP contribution >= 0.6 is 11.6 Å². The lowest BCUT2D eigenvalue weighted by atomic mass is 10.1. The van der Waals surface area contributed by atoms with Crippen LogP contribution in [0.1, 0.15) is 44.8 Å². The Morgan fingerprint density at radius 2 is 1.50 bits per heavy atom. The van der Waals surface area contributed by atoms with E-state index < -0.39 is 0 Å². The molecule has 1 fully saturated rings. The molecule has 0 aliphatic carbocycles. The zero-order chi connectivity index (χ0) is 23.7. The number of halogens is 1. The fourth-order valence-electron chi connectivity index (χ4n) is 4.42. The van der Waals surface area contributed by atoms with Crippen molar-refractivity contribution in [2.45, 2.75) is 25.9 Å². The number of amides is 3. The first-order valence-corrected chi connectivity index (χ1v) is 11.6. The summed E-state index contributed by atoms with van der Waals surface area (Å²) < 4.78 is 0. The molecule has 174 valence electrons. The van der Waals surface area contributed by atoms with E-state index in [1.165, 1.54) is 4.90 Å². The Labute approximate surface area is 202 Å². The van der Waals surface area contributed by atoms with Crippen LogP contribution < -0.4 is 4.90 Å². The molecular weight excluding hydrogens is 454 g/mol. The zero-order valence-electron chi connectivity index (χ0n) is 18.5. The minimum Gasteiger partial charge on any atom is -0.339 e. The number of aromatic nitrogens is 2. The second kappa shape index (κ2) is 9.30. The Morgan fingerprint density at radius 3 is 2.18 bits per heavy atom. The standard InChI is InChI=1S/C25H24ClN5O3/c26-20-9-7-19(8-10-20)25(34)30-15-21-22(13-27-28-21)31(23(32)16-30)14-17-3-5-18(6-4-17)24(33)29-11-1-2-12-29/h3-10,13H,1-2,11-12,14-16H2,(H,27,28). The van der Waals surface area contributed by atoms with Crippen LogP contribution in [0.5, 0.6) is 0 Å². The highest BCUT2D eigenvalue weighted by Crippen LogP contribution is 2.27. The van der Waals surface area contributed by atoms with Crippen LogP contribution in [0.25, 0.3) is 0 Å². The summed E-state index contributed by atoms with van der Waals surface area (Å²) in [6, 6.07) is 14.0. The molecule has 2 aliphatic rings. The van der Waals surface area contributed by atoms with Crippen molar-refractivity contribution in [3.05, 3.63) is 82.1 Å². The molecule has 0 unspecified atom stereocenters. The summed E-state index contributed by atoms with van der Waals surface area (Å²) in [5.41, 5.74) is 3.33. The van der Waals surface area contributed by atoms with E-state index in [2.05, 4.69) is 10.2 Å². The number of likely N-dealkylation sites (tertiary alicyclic amines) is 1. The van der Waals surface area contributed by atoms with Crippen LogP contribution in [-0.4, -0.2) is 57.4 Å². The predicted octanol–water partition coefficient (Wildman–Crippen LogP) is 3.49. The summed E-state index contributed by atoms with van der Waals surface area (Å²) >= 11 is 5.94. The van der Waals surface area contributed by atoms with Crippen LogP contribution in [0.2, 0.25) is 5.02 Å². The van der Waals surface area contributed by atoms with E-state index >= 15 is 0 Å². The maximum absolute atomic E-state index is 13.2. The summed E-state index contributed by atoms with van der Waals surface area (Å²) in [6.45, 7) is 2.10. The lowest BCUT2D eigenvalue weighted by Gasteiger charge is -2.22. The number of benzene rings is 2. The highest BCUT2D eigenvalue weighted by molar-refractivity contribution is 6.30. The van der Waals surface area contributed by atoms with Gasteiger partial charge in [0.2, 0.25) is 5.91 Å². The van der Waals surface area contributed by atoms with Gasteiger partial charge in [0.25, 0.3) is 11.8 Å². The van der Waals surface area contributed by atoms with Gasteiger partial charge in [-0.25, -0.2) is 0 Å². The van der Waals surface area contributed by atoms with Gasteiger partial charge in [-0.05, 0) is 54.8 Å². The van der Waals surface area contributed by atoms with Gasteiger partial charge in [-0.2, -0.15) is 5.10 Å². The Hall–Kier alpha value is -3.65. The molecule has 0 radical (unpaired) electrons. The van der Waals surface area contributed by atoms with Crippen LogP contribution in [0.15, 0.2) is 54.7 Å². The lowest BCUT2D eigenvalue weighted by molar-refractivity contribution is -0.119. The molecule has 1 N–H and O–H groups in total. The van der Waals surface area contributed by atoms with Crippen molar-refractivity contribution in [2.24, 2.45) is 0 Å². The minimum atomic E-state index is -0.253. The first-order valence-electron chi connectivity index (χ1n) is 11.3. The smallest absolute Gasteiger partial charge is 0.254 e. The van der Waals surface area contributed by atoms with Gasteiger partial charge in [-0.15, -0.1) is 0 Å². The number of H-pyrrole nitrogens is 1. The van der Waals surface area contributed by atoms with Gasteiger partial charge in [-0.1, -0.05) is 23.7 Å². The quantitative estimate of drug-likeness (QED) is 0.623. The summed E-state index contributed by atoms with van der Waals surface area (Å²) in [6.07, 6.45) is 3.70. The molecule has 5 rings (SSSR count). The number of rotatable bonds is 4. The SMILES string of the molecule is O=C(c1ccc(CN2C(=O)CN(C(=O)c3ccc(Cl)cc3)Cc3[nH]ncc32)cc1)N1CCCC1. The lowest BCUT2D eigenvalue weighted by Crippen LogP contribution is -2.39. The molecular formula is C25H24ClN5O3. The summed E-state index contributed by atoms with van der Waals surface area (Å²) in [4.78, 5) is 43.9.